The second-order valence-electron chi connectivity index (χ2n) is 7.74. The minimum atomic E-state index is -0.0577. The Morgan fingerprint density at radius 3 is 2.28 bits per heavy atom. The minimum Gasteiger partial charge on any atom is -0.494 e. The van der Waals surface area contributed by atoms with Gasteiger partial charge >= 0.3 is 6.03 Å². The van der Waals surface area contributed by atoms with Gasteiger partial charge in [0.05, 0.1) is 6.61 Å². The van der Waals surface area contributed by atoms with Crippen LogP contribution in [0.4, 0.5) is 10.5 Å². The highest BCUT2D eigenvalue weighted by molar-refractivity contribution is 5.92. The van der Waals surface area contributed by atoms with Crippen LogP contribution in [0.5, 0.6) is 5.75 Å². The van der Waals surface area contributed by atoms with Crippen LogP contribution in [0, 0.1) is 5.92 Å². The zero-order valence-corrected chi connectivity index (χ0v) is 18.3. The molecule has 0 atom stereocenters. The highest BCUT2D eigenvalue weighted by Gasteiger charge is 2.28. The Balaban J connectivity index is 1.76. The molecule has 3 amide bonds. The number of piperidine rings is 1. The van der Waals surface area contributed by atoms with Crippen molar-refractivity contribution in [1.82, 2.24) is 14.7 Å². The van der Waals surface area contributed by atoms with E-state index in [9.17, 15) is 9.59 Å². The smallest absolute Gasteiger partial charge is 0.319 e. The third-order valence-electron chi connectivity index (χ3n) is 5.31. The SMILES string of the molecule is CCN(CC)C(=O)N1CCC(C(=O)Nc2ccc(OCCCN(C)C)cc2)CC1. The third kappa shape index (κ3) is 7.24. The lowest BCUT2D eigenvalue weighted by molar-refractivity contribution is -0.121. The van der Waals surface area contributed by atoms with Crippen molar-refractivity contribution in [2.45, 2.75) is 33.1 Å². The number of carbonyl (C=O) groups excluding carboxylic acids is 2. The van der Waals surface area contributed by atoms with Gasteiger partial charge in [0.15, 0.2) is 0 Å². The summed E-state index contributed by atoms with van der Waals surface area (Å²) in [6.07, 6.45) is 2.37. The zero-order valence-electron chi connectivity index (χ0n) is 18.3. The summed E-state index contributed by atoms with van der Waals surface area (Å²) < 4.78 is 5.72. The van der Waals surface area contributed by atoms with Gasteiger partial charge in [-0.25, -0.2) is 4.79 Å². The summed E-state index contributed by atoms with van der Waals surface area (Å²) in [6.45, 7) is 8.34. The van der Waals surface area contributed by atoms with Crippen molar-refractivity contribution in [3.8, 4) is 5.75 Å². The number of anilines is 1. The quantitative estimate of drug-likeness (QED) is 0.642. The number of carbonyl (C=O) groups is 2. The van der Waals surface area contributed by atoms with E-state index in [1.807, 2.05) is 62.0 Å². The molecule has 1 aromatic carbocycles. The molecule has 1 aliphatic heterocycles. The first-order valence-corrected chi connectivity index (χ1v) is 10.7. The molecule has 0 radical (unpaired) electrons. The van der Waals surface area contributed by atoms with Crippen LogP contribution >= 0.6 is 0 Å². The number of ether oxygens (including phenoxy) is 1. The fourth-order valence-corrected chi connectivity index (χ4v) is 3.48. The molecule has 29 heavy (non-hydrogen) atoms. The monoisotopic (exact) mass is 404 g/mol. The van der Waals surface area contributed by atoms with Crippen molar-refractivity contribution < 1.29 is 14.3 Å². The highest BCUT2D eigenvalue weighted by Crippen LogP contribution is 2.22. The maximum Gasteiger partial charge on any atom is 0.319 e. The summed E-state index contributed by atoms with van der Waals surface area (Å²) >= 11 is 0. The van der Waals surface area contributed by atoms with Crippen LogP contribution in [0.3, 0.4) is 0 Å². The molecule has 0 spiro atoms. The van der Waals surface area contributed by atoms with E-state index in [2.05, 4.69) is 10.2 Å². The topological polar surface area (TPSA) is 65.1 Å². The average Bonchev–Trinajstić information content (AvgIpc) is 2.73. The van der Waals surface area contributed by atoms with Gasteiger partial charge in [0.1, 0.15) is 5.75 Å². The summed E-state index contributed by atoms with van der Waals surface area (Å²) in [6, 6.07) is 7.60. The van der Waals surface area contributed by atoms with Gasteiger partial charge in [-0.3, -0.25) is 4.79 Å². The Morgan fingerprint density at radius 1 is 1.10 bits per heavy atom. The van der Waals surface area contributed by atoms with Gasteiger partial charge < -0.3 is 24.8 Å². The minimum absolute atomic E-state index is 0.0274. The number of amides is 3. The Kier molecular flexibility index (Phi) is 9.25. The molecule has 1 aliphatic rings. The molecule has 0 aromatic heterocycles. The summed E-state index contributed by atoms with van der Waals surface area (Å²) in [7, 11) is 4.09. The maximum absolute atomic E-state index is 12.6. The zero-order chi connectivity index (χ0) is 21.2. The van der Waals surface area contributed by atoms with E-state index in [0.717, 1.165) is 24.4 Å². The molecule has 1 N–H and O–H groups in total. The molecular formula is C22H36N4O3. The molecule has 1 aromatic rings. The van der Waals surface area contributed by atoms with E-state index < -0.39 is 0 Å². The molecule has 0 unspecified atom stereocenters. The average molecular weight is 405 g/mol. The van der Waals surface area contributed by atoms with Gasteiger partial charge in [0.25, 0.3) is 0 Å². The number of hydrogen-bond acceptors (Lipinski definition) is 4. The van der Waals surface area contributed by atoms with E-state index >= 15 is 0 Å². The Labute approximate surface area is 175 Å². The molecule has 1 heterocycles. The largest absolute Gasteiger partial charge is 0.494 e. The van der Waals surface area contributed by atoms with Crippen LogP contribution in [0.2, 0.25) is 0 Å². The van der Waals surface area contributed by atoms with E-state index in [0.29, 0.717) is 45.6 Å². The molecule has 162 valence electrons. The van der Waals surface area contributed by atoms with Gasteiger partial charge in [-0.1, -0.05) is 0 Å². The molecule has 1 fully saturated rings. The van der Waals surface area contributed by atoms with Gasteiger partial charge in [0, 0.05) is 44.3 Å². The van der Waals surface area contributed by atoms with Crippen LogP contribution in [0.1, 0.15) is 33.1 Å². The molecule has 7 heteroatoms. The first-order valence-electron chi connectivity index (χ1n) is 10.7. The normalized spacial score (nSPS) is 14.7. The standard InChI is InChI=1S/C22H36N4O3/c1-5-25(6-2)22(28)26-15-12-18(13-16-26)21(27)23-19-8-10-20(11-9-19)29-17-7-14-24(3)4/h8-11,18H,5-7,12-17H2,1-4H3,(H,23,27). The highest BCUT2D eigenvalue weighted by atomic mass is 16.5. The number of rotatable bonds is 9. The van der Waals surface area contributed by atoms with E-state index in [4.69, 9.17) is 4.74 Å². The molecule has 7 nitrogen and oxygen atoms in total. The van der Waals surface area contributed by atoms with E-state index in [1.165, 1.54) is 0 Å². The number of urea groups is 1. The van der Waals surface area contributed by atoms with Crippen molar-refractivity contribution in [3.63, 3.8) is 0 Å². The van der Waals surface area contributed by atoms with Crippen molar-refractivity contribution in [2.75, 3.05) is 58.7 Å². The van der Waals surface area contributed by atoms with Crippen molar-refractivity contribution in [2.24, 2.45) is 5.92 Å². The van der Waals surface area contributed by atoms with Crippen molar-refractivity contribution >= 4 is 17.6 Å². The number of nitrogens with zero attached hydrogens (tertiary/aromatic N) is 3. The molecule has 0 saturated carbocycles. The molecule has 2 rings (SSSR count). The lowest BCUT2D eigenvalue weighted by atomic mass is 9.96. The first-order chi connectivity index (χ1) is 13.9. The fourth-order valence-electron chi connectivity index (χ4n) is 3.48. The lowest BCUT2D eigenvalue weighted by Gasteiger charge is -2.34. The number of hydrogen-bond donors (Lipinski definition) is 1. The molecular weight excluding hydrogens is 368 g/mol. The predicted octanol–water partition coefficient (Wildman–Crippen LogP) is 3.13. The van der Waals surface area contributed by atoms with Gasteiger partial charge in [0.2, 0.25) is 5.91 Å². The summed E-state index contributed by atoms with van der Waals surface area (Å²) in [5.74, 6) is 0.780. The van der Waals surface area contributed by atoms with Crippen LogP contribution in [0.15, 0.2) is 24.3 Å². The van der Waals surface area contributed by atoms with Crippen LogP contribution in [-0.4, -0.2) is 80.1 Å². The number of nitrogens with one attached hydrogen (secondary N) is 1. The number of likely N-dealkylation sites (tertiary alicyclic amines) is 1. The van der Waals surface area contributed by atoms with Gasteiger partial charge in [-0.05, 0) is 71.5 Å². The summed E-state index contributed by atoms with van der Waals surface area (Å²) in [4.78, 5) is 30.8. The van der Waals surface area contributed by atoms with E-state index in [-0.39, 0.29) is 17.9 Å². The van der Waals surface area contributed by atoms with Crippen LogP contribution in [-0.2, 0) is 4.79 Å². The summed E-state index contributed by atoms with van der Waals surface area (Å²) in [5, 5.41) is 3.00. The fraction of sp³-hybridized carbons (Fsp3) is 0.636. The first kappa shape index (κ1) is 23.0. The second kappa shape index (κ2) is 11.7. The number of benzene rings is 1. The third-order valence-corrected chi connectivity index (χ3v) is 5.31. The summed E-state index contributed by atoms with van der Waals surface area (Å²) in [5.41, 5.74) is 0.775. The maximum atomic E-state index is 12.6. The van der Waals surface area contributed by atoms with Crippen LogP contribution in [0.25, 0.3) is 0 Å². The van der Waals surface area contributed by atoms with Crippen molar-refractivity contribution in [3.05, 3.63) is 24.3 Å². The van der Waals surface area contributed by atoms with Gasteiger partial charge in [-0.2, -0.15) is 0 Å². The second-order valence-corrected chi connectivity index (χ2v) is 7.74. The Bertz CT molecular complexity index is 636. The molecule has 1 saturated heterocycles. The Hall–Kier alpha value is -2.28. The van der Waals surface area contributed by atoms with Crippen molar-refractivity contribution in [1.29, 1.82) is 0 Å². The van der Waals surface area contributed by atoms with Crippen LogP contribution < -0.4 is 10.1 Å². The van der Waals surface area contributed by atoms with Gasteiger partial charge in [-0.15, -0.1) is 0 Å². The molecule has 0 bridgehead atoms. The lowest BCUT2D eigenvalue weighted by Crippen LogP contribution is -2.47. The Morgan fingerprint density at radius 2 is 1.72 bits per heavy atom. The van der Waals surface area contributed by atoms with E-state index in [1.54, 1.807) is 0 Å². The molecule has 0 aliphatic carbocycles. The predicted molar refractivity (Wildman–Crippen MR) is 116 cm³/mol.